The van der Waals surface area contributed by atoms with E-state index in [1.54, 1.807) is 12.1 Å². The van der Waals surface area contributed by atoms with Gasteiger partial charge in [0.1, 0.15) is 12.9 Å². The average Bonchev–Trinajstić information content (AvgIpc) is 2.52. The van der Waals surface area contributed by atoms with Crippen LogP contribution in [0.5, 0.6) is 17.2 Å². The van der Waals surface area contributed by atoms with E-state index in [-0.39, 0.29) is 0 Å². The number of benzene rings is 2. The number of ether oxygens (including phenoxy) is 3. The first-order valence-electron chi connectivity index (χ1n) is 6.16. The van der Waals surface area contributed by atoms with Crippen molar-refractivity contribution in [1.29, 1.82) is 0 Å². The van der Waals surface area contributed by atoms with Crippen molar-refractivity contribution < 1.29 is 19.0 Å². The maximum absolute atomic E-state index is 10.9. The highest BCUT2D eigenvalue weighted by atomic mass is 16.5. The van der Waals surface area contributed by atoms with Gasteiger partial charge in [-0.3, -0.25) is 4.79 Å². The van der Waals surface area contributed by atoms with Gasteiger partial charge >= 0.3 is 0 Å². The number of hydrogen-bond acceptors (Lipinski definition) is 4. The lowest BCUT2D eigenvalue weighted by Crippen LogP contribution is -2.01. The predicted molar refractivity (Wildman–Crippen MR) is 75.7 cm³/mol. The van der Waals surface area contributed by atoms with E-state index in [1.807, 2.05) is 30.3 Å². The highest BCUT2D eigenvalue weighted by Crippen LogP contribution is 2.38. The number of aldehydes is 1. The zero-order chi connectivity index (χ0) is 14.4. The summed E-state index contributed by atoms with van der Waals surface area (Å²) in [6.45, 7) is 0.397. The smallest absolute Gasteiger partial charge is 0.203 e. The van der Waals surface area contributed by atoms with Crippen LogP contribution in [0.2, 0.25) is 0 Å². The Bertz CT molecular complexity index is 553. The molecule has 0 aliphatic rings. The molecule has 104 valence electrons. The number of hydrogen-bond donors (Lipinski definition) is 0. The van der Waals surface area contributed by atoms with Gasteiger partial charge in [-0.15, -0.1) is 0 Å². The van der Waals surface area contributed by atoms with Crippen LogP contribution in [0.4, 0.5) is 0 Å². The molecule has 2 aromatic carbocycles. The molecular formula is C16H16O4. The van der Waals surface area contributed by atoms with Crippen LogP contribution in [0.15, 0.2) is 42.5 Å². The second kappa shape index (κ2) is 6.61. The zero-order valence-electron chi connectivity index (χ0n) is 11.5. The molecule has 0 radical (unpaired) electrons. The first kappa shape index (κ1) is 13.9. The Hall–Kier alpha value is -2.49. The van der Waals surface area contributed by atoms with E-state index < -0.39 is 0 Å². The van der Waals surface area contributed by atoms with Crippen molar-refractivity contribution in [3.05, 3.63) is 53.6 Å². The van der Waals surface area contributed by atoms with Crippen LogP contribution in [0, 0.1) is 0 Å². The summed E-state index contributed by atoms with van der Waals surface area (Å²) in [7, 11) is 3.05. The van der Waals surface area contributed by atoms with Gasteiger partial charge < -0.3 is 14.2 Å². The molecule has 0 atom stereocenters. The molecule has 0 saturated carbocycles. The second-order valence-corrected chi connectivity index (χ2v) is 4.15. The van der Waals surface area contributed by atoms with E-state index in [2.05, 4.69) is 0 Å². The third kappa shape index (κ3) is 3.09. The third-order valence-electron chi connectivity index (χ3n) is 2.85. The summed E-state index contributed by atoms with van der Waals surface area (Å²) >= 11 is 0. The fourth-order valence-electron chi connectivity index (χ4n) is 1.84. The van der Waals surface area contributed by atoms with E-state index in [0.717, 1.165) is 11.8 Å². The molecule has 0 bridgehead atoms. The topological polar surface area (TPSA) is 44.8 Å². The first-order chi connectivity index (χ1) is 9.78. The minimum Gasteiger partial charge on any atom is -0.493 e. The molecule has 4 heteroatoms. The van der Waals surface area contributed by atoms with Crippen LogP contribution >= 0.6 is 0 Å². The van der Waals surface area contributed by atoms with E-state index in [1.165, 1.54) is 14.2 Å². The lowest BCUT2D eigenvalue weighted by atomic mass is 10.2. The summed E-state index contributed by atoms with van der Waals surface area (Å²) in [5.74, 6) is 1.44. The normalized spacial score (nSPS) is 9.90. The molecule has 0 heterocycles. The van der Waals surface area contributed by atoms with Crippen LogP contribution in [-0.4, -0.2) is 20.5 Å². The molecule has 0 aliphatic heterocycles. The van der Waals surface area contributed by atoms with Crippen molar-refractivity contribution in [2.45, 2.75) is 6.61 Å². The Balaban J connectivity index is 2.27. The van der Waals surface area contributed by atoms with Crippen LogP contribution in [0.25, 0.3) is 0 Å². The maximum atomic E-state index is 10.9. The van der Waals surface area contributed by atoms with Crippen molar-refractivity contribution in [2.75, 3.05) is 14.2 Å². The Morgan fingerprint density at radius 1 is 1.00 bits per heavy atom. The summed E-state index contributed by atoms with van der Waals surface area (Å²) in [4.78, 5) is 10.9. The van der Waals surface area contributed by atoms with E-state index >= 15 is 0 Å². The number of carbonyl (C=O) groups excluding carboxylic acids is 1. The van der Waals surface area contributed by atoms with Crippen LogP contribution in [0.3, 0.4) is 0 Å². The van der Waals surface area contributed by atoms with Crippen molar-refractivity contribution >= 4 is 6.29 Å². The van der Waals surface area contributed by atoms with E-state index in [0.29, 0.717) is 29.4 Å². The molecular weight excluding hydrogens is 256 g/mol. The highest BCUT2D eigenvalue weighted by Gasteiger charge is 2.14. The molecule has 2 rings (SSSR count). The van der Waals surface area contributed by atoms with Gasteiger partial charge in [0.2, 0.25) is 5.75 Å². The molecule has 2 aromatic rings. The predicted octanol–water partition coefficient (Wildman–Crippen LogP) is 3.10. The minimum atomic E-state index is 0.397. The Labute approximate surface area is 117 Å². The highest BCUT2D eigenvalue weighted by molar-refractivity contribution is 5.78. The number of methoxy groups -OCH3 is 2. The standard InChI is InChI=1S/C16H16O4/c1-18-14-8-13(10-17)9-15(19-2)16(14)20-11-12-6-4-3-5-7-12/h3-10H,11H2,1-2H3. The van der Waals surface area contributed by atoms with Crippen molar-refractivity contribution in [2.24, 2.45) is 0 Å². The van der Waals surface area contributed by atoms with Gasteiger partial charge in [0.15, 0.2) is 11.5 Å². The van der Waals surface area contributed by atoms with E-state index in [9.17, 15) is 4.79 Å². The van der Waals surface area contributed by atoms with Crippen molar-refractivity contribution in [3.8, 4) is 17.2 Å². The van der Waals surface area contributed by atoms with Gasteiger partial charge in [0, 0.05) is 5.56 Å². The summed E-state index contributed by atoms with van der Waals surface area (Å²) in [6, 6.07) is 13.0. The Morgan fingerprint density at radius 2 is 1.60 bits per heavy atom. The lowest BCUT2D eigenvalue weighted by molar-refractivity contribution is 0.112. The van der Waals surface area contributed by atoms with Crippen LogP contribution in [0.1, 0.15) is 15.9 Å². The maximum Gasteiger partial charge on any atom is 0.203 e. The van der Waals surface area contributed by atoms with Crippen LogP contribution in [-0.2, 0) is 6.61 Å². The summed E-state index contributed by atoms with van der Waals surface area (Å²) in [5.41, 5.74) is 1.52. The van der Waals surface area contributed by atoms with Crippen molar-refractivity contribution in [3.63, 3.8) is 0 Å². The number of carbonyl (C=O) groups is 1. The summed E-state index contributed by atoms with van der Waals surface area (Å²) < 4.78 is 16.3. The van der Waals surface area contributed by atoms with Gasteiger partial charge in [-0.05, 0) is 17.7 Å². The molecule has 0 N–H and O–H groups in total. The molecule has 0 aromatic heterocycles. The fourth-order valence-corrected chi connectivity index (χ4v) is 1.84. The molecule has 0 saturated heterocycles. The monoisotopic (exact) mass is 272 g/mol. The Kier molecular flexibility index (Phi) is 4.60. The lowest BCUT2D eigenvalue weighted by Gasteiger charge is -2.15. The number of rotatable bonds is 6. The van der Waals surface area contributed by atoms with Crippen LogP contribution < -0.4 is 14.2 Å². The van der Waals surface area contributed by atoms with Gasteiger partial charge in [-0.25, -0.2) is 0 Å². The van der Waals surface area contributed by atoms with Gasteiger partial charge in [0.05, 0.1) is 14.2 Å². The molecule has 0 spiro atoms. The molecule has 20 heavy (non-hydrogen) atoms. The van der Waals surface area contributed by atoms with Gasteiger partial charge in [-0.2, -0.15) is 0 Å². The Morgan fingerprint density at radius 3 is 2.10 bits per heavy atom. The largest absolute Gasteiger partial charge is 0.493 e. The molecule has 0 unspecified atom stereocenters. The minimum absolute atomic E-state index is 0.397. The fraction of sp³-hybridized carbons (Fsp3) is 0.188. The van der Waals surface area contributed by atoms with Gasteiger partial charge in [0.25, 0.3) is 0 Å². The summed E-state index contributed by atoms with van der Waals surface area (Å²) in [6.07, 6.45) is 0.742. The first-order valence-corrected chi connectivity index (χ1v) is 6.16. The third-order valence-corrected chi connectivity index (χ3v) is 2.85. The average molecular weight is 272 g/mol. The van der Waals surface area contributed by atoms with E-state index in [4.69, 9.17) is 14.2 Å². The quantitative estimate of drug-likeness (QED) is 0.758. The van der Waals surface area contributed by atoms with Crippen molar-refractivity contribution in [1.82, 2.24) is 0 Å². The molecule has 0 amide bonds. The zero-order valence-corrected chi connectivity index (χ0v) is 11.5. The molecule has 0 aliphatic carbocycles. The second-order valence-electron chi connectivity index (χ2n) is 4.15. The SMILES string of the molecule is COc1cc(C=O)cc(OC)c1OCc1ccccc1. The summed E-state index contributed by atoms with van der Waals surface area (Å²) in [5, 5.41) is 0. The molecule has 0 fully saturated rings. The molecule has 4 nitrogen and oxygen atoms in total. The van der Waals surface area contributed by atoms with Gasteiger partial charge in [-0.1, -0.05) is 30.3 Å².